The molecule has 5 nitrogen and oxygen atoms in total. The van der Waals surface area contributed by atoms with Crippen molar-refractivity contribution in [3.05, 3.63) is 28.8 Å². The lowest BCUT2D eigenvalue weighted by Crippen LogP contribution is -2.39. The molecule has 1 saturated heterocycles. The van der Waals surface area contributed by atoms with E-state index in [-0.39, 0.29) is 16.5 Å². The first-order valence-electron chi connectivity index (χ1n) is 5.90. The lowest BCUT2D eigenvalue weighted by atomic mass is 10.0. The van der Waals surface area contributed by atoms with Crippen LogP contribution in [0.25, 0.3) is 0 Å². The molecule has 1 fully saturated rings. The minimum Gasteiger partial charge on any atom is -0.478 e. The van der Waals surface area contributed by atoms with Gasteiger partial charge in [-0.15, -0.1) is 0 Å². The van der Waals surface area contributed by atoms with E-state index in [2.05, 4.69) is 5.32 Å². The first-order chi connectivity index (χ1) is 8.90. The maximum absolute atomic E-state index is 12.1. The summed E-state index contributed by atoms with van der Waals surface area (Å²) in [6.07, 6.45) is 1.48. The molecule has 1 aromatic rings. The largest absolute Gasteiger partial charge is 0.478 e. The highest BCUT2D eigenvalue weighted by Gasteiger charge is 2.37. The van der Waals surface area contributed by atoms with E-state index in [1.165, 1.54) is 18.2 Å². The standard InChI is InChI=1S/C13H14ClNO4/c1-13(3-2-4-19-13)12(18)15-10-6-8(11(16)17)5-9(14)7-10/h5-7H,2-4H2,1H3,(H,15,18)(H,16,17). The molecule has 1 aliphatic heterocycles. The van der Waals surface area contributed by atoms with Gasteiger partial charge in [-0.2, -0.15) is 0 Å². The molecule has 1 amide bonds. The average Bonchev–Trinajstić information content (AvgIpc) is 2.76. The van der Waals surface area contributed by atoms with Gasteiger partial charge in [-0.25, -0.2) is 4.79 Å². The third-order valence-corrected chi connectivity index (χ3v) is 3.32. The number of carbonyl (C=O) groups excluding carboxylic acids is 1. The maximum atomic E-state index is 12.1. The van der Waals surface area contributed by atoms with Gasteiger partial charge in [-0.1, -0.05) is 11.6 Å². The first kappa shape index (κ1) is 13.8. The lowest BCUT2D eigenvalue weighted by molar-refractivity contribution is -0.133. The molecular formula is C13H14ClNO4. The number of carboxylic acids is 1. The molecule has 0 aromatic heterocycles. The Morgan fingerprint density at radius 3 is 2.74 bits per heavy atom. The summed E-state index contributed by atoms with van der Waals surface area (Å²) in [5, 5.41) is 11.8. The second-order valence-corrected chi connectivity index (χ2v) is 5.11. The van der Waals surface area contributed by atoms with Crippen molar-refractivity contribution in [1.82, 2.24) is 0 Å². The molecule has 0 radical (unpaired) electrons. The number of aromatic carboxylic acids is 1. The van der Waals surface area contributed by atoms with Crippen LogP contribution in [0.3, 0.4) is 0 Å². The zero-order chi connectivity index (χ0) is 14.0. The van der Waals surface area contributed by atoms with Crippen LogP contribution in [0.15, 0.2) is 18.2 Å². The number of amides is 1. The zero-order valence-corrected chi connectivity index (χ0v) is 11.2. The summed E-state index contributed by atoms with van der Waals surface area (Å²) in [5.41, 5.74) is -0.474. The van der Waals surface area contributed by atoms with Crippen LogP contribution in [0.1, 0.15) is 30.1 Å². The Labute approximate surface area is 115 Å². The fraction of sp³-hybridized carbons (Fsp3) is 0.385. The molecule has 2 N–H and O–H groups in total. The summed E-state index contributed by atoms with van der Waals surface area (Å²) in [5.74, 6) is -1.38. The van der Waals surface area contributed by atoms with Gasteiger partial charge in [0, 0.05) is 17.3 Å². The highest BCUT2D eigenvalue weighted by molar-refractivity contribution is 6.31. The Kier molecular flexibility index (Phi) is 3.78. The molecule has 2 rings (SSSR count). The predicted octanol–water partition coefficient (Wildman–Crippen LogP) is 2.55. The number of anilines is 1. The molecule has 6 heteroatoms. The molecule has 102 valence electrons. The third-order valence-electron chi connectivity index (χ3n) is 3.10. The lowest BCUT2D eigenvalue weighted by Gasteiger charge is -2.22. The Hall–Kier alpha value is -1.59. The molecule has 1 aliphatic rings. The SMILES string of the molecule is CC1(C(=O)Nc2cc(Cl)cc(C(=O)O)c2)CCCO1. The van der Waals surface area contributed by atoms with Crippen LogP contribution >= 0.6 is 11.6 Å². The summed E-state index contributed by atoms with van der Waals surface area (Å²) in [6, 6.07) is 4.20. The quantitative estimate of drug-likeness (QED) is 0.894. The molecule has 1 unspecified atom stereocenters. The fourth-order valence-corrected chi connectivity index (χ4v) is 2.24. The van der Waals surface area contributed by atoms with Gasteiger partial charge in [-0.3, -0.25) is 4.79 Å². The minimum atomic E-state index is -1.10. The van der Waals surface area contributed by atoms with Crippen molar-refractivity contribution in [3.8, 4) is 0 Å². The second-order valence-electron chi connectivity index (χ2n) is 4.67. The molecule has 0 saturated carbocycles. The first-order valence-corrected chi connectivity index (χ1v) is 6.28. The number of nitrogens with one attached hydrogen (secondary N) is 1. The number of halogens is 1. The van der Waals surface area contributed by atoms with Crippen molar-refractivity contribution in [2.75, 3.05) is 11.9 Å². The number of carboxylic acid groups (broad SMARTS) is 1. The van der Waals surface area contributed by atoms with Crippen LogP contribution in [0.5, 0.6) is 0 Å². The van der Waals surface area contributed by atoms with Crippen molar-refractivity contribution >= 4 is 29.2 Å². The minimum absolute atomic E-state index is 0.0280. The van der Waals surface area contributed by atoms with Gasteiger partial charge in [0.15, 0.2) is 0 Å². The predicted molar refractivity (Wildman–Crippen MR) is 70.6 cm³/mol. The summed E-state index contributed by atoms with van der Waals surface area (Å²) in [7, 11) is 0. The van der Waals surface area contributed by atoms with Crippen LogP contribution in [0, 0.1) is 0 Å². The second kappa shape index (κ2) is 5.19. The van der Waals surface area contributed by atoms with Crippen LogP contribution < -0.4 is 5.32 Å². The van der Waals surface area contributed by atoms with Gasteiger partial charge in [0.25, 0.3) is 5.91 Å². The van der Waals surface area contributed by atoms with E-state index in [9.17, 15) is 9.59 Å². The molecule has 1 atom stereocenters. The van der Waals surface area contributed by atoms with Crippen LogP contribution in [-0.2, 0) is 9.53 Å². The van der Waals surface area contributed by atoms with Gasteiger partial charge in [0.05, 0.1) is 5.56 Å². The van der Waals surface area contributed by atoms with Crippen molar-refractivity contribution in [3.63, 3.8) is 0 Å². The fourth-order valence-electron chi connectivity index (χ4n) is 2.01. The zero-order valence-electron chi connectivity index (χ0n) is 10.4. The number of benzene rings is 1. The Bertz CT molecular complexity index is 523. The smallest absolute Gasteiger partial charge is 0.335 e. The van der Waals surface area contributed by atoms with Crippen molar-refractivity contribution in [2.45, 2.75) is 25.4 Å². The molecule has 0 aliphatic carbocycles. The average molecular weight is 284 g/mol. The molecule has 1 aromatic carbocycles. The molecule has 0 spiro atoms. The molecule has 1 heterocycles. The summed E-state index contributed by atoms with van der Waals surface area (Å²) < 4.78 is 5.42. The number of rotatable bonds is 3. The van der Waals surface area contributed by atoms with Gasteiger partial charge < -0.3 is 15.2 Å². The van der Waals surface area contributed by atoms with Crippen LogP contribution in [0.2, 0.25) is 5.02 Å². The molecule has 0 bridgehead atoms. The van der Waals surface area contributed by atoms with Crippen molar-refractivity contribution < 1.29 is 19.4 Å². The molecule has 19 heavy (non-hydrogen) atoms. The van der Waals surface area contributed by atoms with Crippen LogP contribution in [0.4, 0.5) is 5.69 Å². The number of hydrogen-bond acceptors (Lipinski definition) is 3. The highest BCUT2D eigenvalue weighted by Crippen LogP contribution is 2.27. The van der Waals surface area contributed by atoms with Gasteiger partial charge in [-0.05, 0) is 38.0 Å². The maximum Gasteiger partial charge on any atom is 0.335 e. The Morgan fingerprint density at radius 1 is 1.42 bits per heavy atom. The summed E-state index contributed by atoms with van der Waals surface area (Å²) >= 11 is 5.83. The van der Waals surface area contributed by atoms with E-state index in [1.54, 1.807) is 6.92 Å². The molecular weight excluding hydrogens is 270 g/mol. The third kappa shape index (κ3) is 3.05. The van der Waals surface area contributed by atoms with Gasteiger partial charge in [0.1, 0.15) is 5.60 Å². The number of ether oxygens (including phenoxy) is 1. The van der Waals surface area contributed by atoms with E-state index >= 15 is 0 Å². The van der Waals surface area contributed by atoms with E-state index in [4.69, 9.17) is 21.4 Å². The highest BCUT2D eigenvalue weighted by atomic mass is 35.5. The number of hydrogen-bond donors (Lipinski definition) is 2. The normalized spacial score (nSPS) is 22.2. The Morgan fingerprint density at radius 2 is 2.16 bits per heavy atom. The van der Waals surface area contributed by atoms with E-state index in [0.717, 1.165) is 6.42 Å². The topological polar surface area (TPSA) is 75.6 Å². The van der Waals surface area contributed by atoms with Crippen molar-refractivity contribution in [2.24, 2.45) is 0 Å². The number of carbonyl (C=O) groups is 2. The van der Waals surface area contributed by atoms with E-state index in [1.807, 2.05) is 0 Å². The summed E-state index contributed by atoms with van der Waals surface area (Å²) in [6.45, 7) is 2.28. The van der Waals surface area contributed by atoms with E-state index < -0.39 is 11.6 Å². The van der Waals surface area contributed by atoms with E-state index in [0.29, 0.717) is 18.7 Å². The van der Waals surface area contributed by atoms with Crippen LogP contribution in [-0.4, -0.2) is 29.2 Å². The van der Waals surface area contributed by atoms with Gasteiger partial charge in [0.2, 0.25) is 0 Å². The van der Waals surface area contributed by atoms with Gasteiger partial charge >= 0.3 is 5.97 Å². The monoisotopic (exact) mass is 283 g/mol. The summed E-state index contributed by atoms with van der Waals surface area (Å²) in [4.78, 5) is 23.0. The Balaban J connectivity index is 2.19. The van der Waals surface area contributed by atoms with Crippen molar-refractivity contribution in [1.29, 1.82) is 0 Å².